The van der Waals surface area contributed by atoms with Crippen molar-refractivity contribution in [2.24, 2.45) is 0 Å². The van der Waals surface area contributed by atoms with Crippen LogP contribution in [0.4, 0.5) is 0 Å². The summed E-state index contributed by atoms with van der Waals surface area (Å²) in [6.45, 7) is 3.05. The topological polar surface area (TPSA) is 31.4 Å². The van der Waals surface area contributed by atoms with Crippen LogP contribution in [0.2, 0.25) is 0 Å². The lowest BCUT2D eigenvalue weighted by atomic mass is 10.1. The maximum atomic E-state index is 5.79. The molecule has 0 radical (unpaired) electrons. The number of rotatable bonds is 4. The van der Waals surface area contributed by atoms with E-state index in [1.165, 1.54) is 30.2 Å². The standard InChI is InChI=1S/C17H21NO2S/c1-12-9-17(21-11-14-5-3-4-8-20-14)18-16-10-13(19-2)6-7-15(12)16/h6-7,9-10,14H,3-5,8,11H2,1-2H3. The smallest absolute Gasteiger partial charge is 0.121 e. The molecule has 1 aliphatic heterocycles. The second kappa shape index (κ2) is 6.67. The minimum atomic E-state index is 0.381. The van der Waals surface area contributed by atoms with Crippen LogP contribution < -0.4 is 4.74 Å². The molecule has 0 spiro atoms. The molecular formula is C17H21NO2S. The Bertz CT molecular complexity index is 623. The molecule has 4 heteroatoms. The van der Waals surface area contributed by atoms with Crippen molar-refractivity contribution in [2.75, 3.05) is 19.5 Å². The predicted molar refractivity (Wildman–Crippen MR) is 87.3 cm³/mol. The lowest BCUT2D eigenvalue weighted by molar-refractivity contribution is 0.0315. The number of hydrogen-bond acceptors (Lipinski definition) is 4. The van der Waals surface area contributed by atoms with Gasteiger partial charge in [0.25, 0.3) is 0 Å². The van der Waals surface area contributed by atoms with E-state index in [9.17, 15) is 0 Å². The van der Waals surface area contributed by atoms with Crippen LogP contribution >= 0.6 is 11.8 Å². The summed E-state index contributed by atoms with van der Waals surface area (Å²) in [7, 11) is 1.69. The van der Waals surface area contributed by atoms with Gasteiger partial charge in [-0.05, 0) is 49.9 Å². The van der Waals surface area contributed by atoms with Crippen LogP contribution in [-0.4, -0.2) is 30.6 Å². The maximum Gasteiger partial charge on any atom is 0.121 e. The van der Waals surface area contributed by atoms with Gasteiger partial charge in [-0.1, -0.05) is 0 Å². The van der Waals surface area contributed by atoms with Crippen molar-refractivity contribution in [2.45, 2.75) is 37.3 Å². The van der Waals surface area contributed by atoms with Crippen LogP contribution in [0.1, 0.15) is 24.8 Å². The second-order valence-electron chi connectivity index (χ2n) is 5.46. The number of hydrogen-bond donors (Lipinski definition) is 0. The number of fused-ring (bicyclic) bond motifs is 1. The van der Waals surface area contributed by atoms with E-state index in [1.54, 1.807) is 18.9 Å². The zero-order valence-electron chi connectivity index (χ0n) is 12.6. The number of pyridine rings is 1. The van der Waals surface area contributed by atoms with Gasteiger partial charge in [-0.3, -0.25) is 0 Å². The fourth-order valence-corrected chi connectivity index (χ4v) is 3.71. The summed E-state index contributed by atoms with van der Waals surface area (Å²) in [5.74, 6) is 1.84. The third-order valence-electron chi connectivity index (χ3n) is 3.89. The van der Waals surface area contributed by atoms with Crippen molar-refractivity contribution < 1.29 is 9.47 Å². The monoisotopic (exact) mass is 303 g/mol. The fraction of sp³-hybridized carbons (Fsp3) is 0.471. The maximum absolute atomic E-state index is 5.79. The molecule has 1 aliphatic rings. The average molecular weight is 303 g/mol. The number of ether oxygens (including phenoxy) is 2. The van der Waals surface area contributed by atoms with E-state index in [0.717, 1.165) is 28.7 Å². The van der Waals surface area contributed by atoms with Crippen molar-refractivity contribution in [1.82, 2.24) is 4.98 Å². The SMILES string of the molecule is COc1ccc2c(C)cc(SCC3CCCCO3)nc2c1. The first-order valence-corrected chi connectivity index (χ1v) is 8.44. The van der Waals surface area contributed by atoms with Gasteiger partial charge < -0.3 is 9.47 Å². The molecule has 2 heterocycles. The number of aromatic nitrogens is 1. The van der Waals surface area contributed by atoms with E-state index in [2.05, 4.69) is 19.1 Å². The Morgan fingerprint density at radius 3 is 3.00 bits per heavy atom. The quantitative estimate of drug-likeness (QED) is 0.792. The highest BCUT2D eigenvalue weighted by Crippen LogP contribution is 2.28. The Morgan fingerprint density at radius 2 is 2.24 bits per heavy atom. The Balaban J connectivity index is 1.78. The van der Waals surface area contributed by atoms with Gasteiger partial charge in [-0.2, -0.15) is 0 Å². The highest BCUT2D eigenvalue weighted by atomic mass is 32.2. The van der Waals surface area contributed by atoms with Gasteiger partial charge in [0, 0.05) is 23.8 Å². The third kappa shape index (κ3) is 3.50. The summed E-state index contributed by atoms with van der Waals surface area (Å²) in [6.07, 6.45) is 4.04. The van der Waals surface area contributed by atoms with Crippen molar-refractivity contribution in [1.29, 1.82) is 0 Å². The van der Waals surface area contributed by atoms with Gasteiger partial charge >= 0.3 is 0 Å². The van der Waals surface area contributed by atoms with Gasteiger partial charge in [-0.25, -0.2) is 4.98 Å². The molecule has 3 rings (SSSR count). The minimum Gasteiger partial charge on any atom is -0.497 e. The average Bonchev–Trinajstić information content (AvgIpc) is 2.53. The minimum absolute atomic E-state index is 0.381. The Labute approximate surface area is 130 Å². The molecule has 1 atom stereocenters. The molecule has 0 amide bonds. The van der Waals surface area contributed by atoms with Crippen molar-refractivity contribution in [3.8, 4) is 5.75 Å². The molecule has 1 aromatic carbocycles. The lowest BCUT2D eigenvalue weighted by Gasteiger charge is -2.22. The summed E-state index contributed by atoms with van der Waals surface area (Å²) in [4.78, 5) is 4.76. The largest absolute Gasteiger partial charge is 0.497 e. The lowest BCUT2D eigenvalue weighted by Crippen LogP contribution is -2.21. The van der Waals surface area contributed by atoms with E-state index in [-0.39, 0.29) is 0 Å². The second-order valence-corrected chi connectivity index (χ2v) is 6.50. The molecule has 0 bridgehead atoms. The zero-order chi connectivity index (χ0) is 14.7. The molecule has 1 saturated heterocycles. The Hall–Kier alpha value is -1.26. The molecule has 1 aromatic heterocycles. The molecule has 0 N–H and O–H groups in total. The molecular weight excluding hydrogens is 282 g/mol. The van der Waals surface area contributed by atoms with Crippen LogP contribution in [0.25, 0.3) is 10.9 Å². The molecule has 112 valence electrons. The van der Waals surface area contributed by atoms with Crippen molar-refractivity contribution in [3.63, 3.8) is 0 Å². The highest BCUT2D eigenvalue weighted by molar-refractivity contribution is 7.99. The predicted octanol–water partition coefficient (Wildman–Crippen LogP) is 4.21. The van der Waals surface area contributed by atoms with Gasteiger partial charge in [0.2, 0.25) is 0 Å². The van der Waals surface area contributed by atoms with Gasteiger partial charge in [0.15, 0.2) is 0 Å². The first kappa shape index (κ1) is 14.7. The number of methoxy groups -OCH3 is 1. The first-order chi connectivity index (χ1) is 10.3. The number of benzene rings is 1. The summed E-state index contributed by atoms with van der Waals surface area (Å²) in [6, 6.07) is 8.24. The molecule has 1 fully saturated rings. The van der Waals surface area contributed by atoms with Crippen LogP contribution in [0.5, 0.6) is 5.75 Å². The molecule has 3 nitrogen and oxygen atoms in total. The third-order valence-corrected chi connectivity index (χ3v) is 4.93. The van der Waals surface area contributed by atoms with E-state index in [1.807, 2.05) is 12.1 Å². The van der Waals surface area contributed by atoms with Gasteiger partial charge in [0.1, 0.15) is 5.75 Å². The van der Waals surface area contributed by atoms with E-state index < -0.39 is 0 Å². The fourth-order valence-electron chi connectivity index (χ4n) is 2.67. The van der Waals surface area contributed by atoms with E-state index >= 15 is 0 Å². The van der Waals surface area contributed by atoms with Gasteiger partial charge in [-0.15, -0.1) is 11.8 Å². The molecule has 1 unspecified atom stereocenters. The summed E-state index contributed by atoms with van der Waals surface area (Å²) in [5.41, 5.74) is 2.26. The molecule has 0 saturated carbocycles. The first-order valence-electron chi connectivity index (χ1n) is 7.46. The van der Waals surface area contributed by atoms with E-state index in [4.69, 9.17) is 14.5 Å². The van der Waals surface area contributed by atoms with Crippen molar-refractivity contribution >= 4 is 22.7 Å². The summed E-state index contributed by atoms with van der Waals surface area (Å²) in [5, 5.41) is 2.26. The van der Waals surface area contributed by atoms with Gasteiger partial charge in [0.05, 0.1) is 23.8 Å². The number of aryl methyl sites for hydroxylation is 1. The zero-order valence-corrected chi connectivity index (χ0v) is 13.4. The van der Waals surface area contributed by atoms with E-state index in [0.29, 0.717) is 6.10 Å². The van der Waals surface area contributed by atoms with Crippen LogP contribution in [0, 0.1) is 6.92 Å². The normalized spacial score (nSPS) is 18.9. The summed E-state index contributed by atoms with van der Waals surface area (Å²) < 4.78 is 11.1. The van der Waals surface area contributed by atoms with Crippen LogP contribution in [0.15, 0.2) is 29.3 Å². The van der Waals surface area contributed by atoms with Crippen molar-refractivity contribution in [3.05, 3.63) is 29.8 Å². The molecule has 2 aromatic rings. The number of thioether (sulfide) groups is 1. The Kier molecular flexibility index (Phi) is 4.66. The highest BCUT2D eigenvalue weighted by Gasteiger charge is 2.14. The molecule has 21 heavy (non-hydrogen) atoms. The summed E-state index contributed by atoms with van der Waals surface area (Å²) >= 11 is 1.79. The van der Waals surface area contributed by atoms with Crippen LogP contribution in [0.3, 0.4) is 0 Å². The number of nitrogens with zero attached hydrogens (tertiary/aromatic N) is 1. The molecule has 0 aliphatic carbocycles. The Morgan fingerprint density at radius 1 is 1.33 bits per heavy atom. The van der Waals surface area contributed by atoms with Crippen LogP contribution in [-0.2, 0) is 4.74 Å².